The van der Waals surface area contributed by atoms with Crippen LogP contribution in [0.15, 0.2) is 24.3 Å². The van der Waals surface area contributed by atoms with Gasteiger partial charge in [0.05, 0.1) is 29.9 Å². The van der Waals surface area contributed by atoms with Gasteiger partial charge in [-0.05, 0) is 12.1 Å². The summed E-state index contributed by atoms with van der Waals surface area (Å²) in [5, 5.41) is 0. The number of sulfonamides is 1. The second kappa shape index (κ2) is 6.23. The third kappa shape index (κ3) is 5.17. The summed E-state index contributed by atoms with van der Waals surface area (Å²) >= 11 is 0. The molecule has 0 unspecified atom stereocenters. The maximum Gasteiger partial charge on any atom is 0.339 e. The molecule has 7 nitrogen and oxygen atoms in total. The molecule has 0 saturated heterocycles. The first-order valence-corrected chi connectivity index (χ1v) is 9.21. The first kappa shape index (κ1) is 16.4. The molecule has 0 heterocycles. The molecule has 0 aliphatic heterocycles. The third-order valence-corrected chi connectivity index (χ3v) is 4.80. The number of methoxy groups -OCH3 is 1. The number of hydrogen-bond donors (Lipinski definition) is 1. The fraction of sp³-hybridized carbons (Fsp3) is 0.364. The van der Waals surface area contributed by atoms with Gasteiger partial charge in [0.1, 0.15) is 9.84 Å². The topological polar surface area (TPSA) is 107 Å². The van der Waals surface area contributed by atoms with Gasteiger partial charge in [-0.15, -0.1) is 0 Å². The van der Waals surface area contributed by atoms with E-state index in [0.29, 0.717) is 0 Å². The molecule has 0 aliphatic rings. The minimum absolute atomic E-state index is 0.0489. The van der Waals surface area contributed by atoms with E-state index in [-0.39, 0.29) is 11.3 Å². The number of hydrogen-bond acceptors (Lipinski definition) is 6. The first-order valence-electron chi connectivity index (χ1n) is 5.50. The number of benzene rings is 1. The minimum Gasteiger partial charge on any atom is -0.465 e. The quantitative estimate of drug-likeness (QED) is 0.753. The first-order chi connectivity index (χ1) is 9.14. The van der Waals surface area contributed by atoms with Gasteiger partial charge in [0.2, 0.25) is 10.0 Å². The number of sulfone groups is 1. The van der Waals surface area contributed by atoms with Crippen LogP contribution in [0.1, 0.15) is 10.4 Å². The van der Waals surface area contributed by atoms with Crippen LogP contribution in [0.4, 0.5) is 5.69 Å². The summed E-state index contributed by atoms with van der Waals surface area (Å²) in [5.74, 6) is -1.77. The second-order valence-electron chi connectivity index (χ2n) is 4.09. The molecule has 1 rings (SSSR count). The van der Waals surface area contributed by atoms with Crippen LogP contribution in [0.2, 0.25) is 0 Å². The fourth-order valence-corrected chi connectivity index (χ4v) is 4.04. The highest BCUT2D eigenvalue weighted by Crippen LogP contribution is 2.17. The summed E-state index contributed by atoms with van der Waals surface area (Å²) in [6, 6.07) is 5.89. The maximum atomic E-state index is 11.8. The van der Waals surface area contributed by atoms with Gasteiger partial charge in [-0.2, -0.15) is 0 Å². The van der Waals surface area contributed by atoms with E-state index in [1.54, 1.807) is 12.1 Å². The van der Waals surface area contributed by atoms with Crippen LogP contribution in [0, 0.1) is 0 Å². The average Bonchev–Trinajstić information content (AvgIpc) is 2.35. The highest BCUT2D eigenvalue weighted by molar-refractivity contribution is 7.95. The van der Waals surface area contributed by atoms with Gasteiger partial charge < -0.3 is 4.74 Å². The zero-order valence-corrected chi connectivity index (χ0v) is 12.6. The van der Waals surface area contributed by atoms with Crippen LogP contribution in [0.5, 0.6) is 0 Å². The lowest BCUT2D eigenvalue weighted by atomic mass is 10.2. The van der Waals surface area contributed by atoms with Crippen molar-refractivity contribution in [1.29, 1.82) is 0 Å². The van der Waals surface area contributed by atoms with Gasteiger partial charge in [0.25, 0.3) is 0 Å². The molecule has 1 aromatic rings. The molecule has 0 fully saturated rings. The normalized spacial score (nSPS) is 11.9. The van der Waals surface area contributed by atoms with E-state index in [9.17, 15) is 21.6 Å². The van der Waals surface area contributed by atoms with E-state index in [1.807, 2.05) is 0 Å². The standard InChI is InChI=1S/C11H15NO6S2/c1-18-11(13)9-5-3-4-6-10(9)12-20(16,17)8-7-19(2,14)15/h3-6,12H,7-8H2,1-2H3. The lowest BCUT2D eigenvalue weighted by Crippen LogP contribution is -2.23. The maximum absolute atomic E-state index is 11.8. The van der Waals surface area contributed by atoms with Crippen LogP contribution in [0.25, 0.3) is 0 Å². The molecular weight excluding hydrogens is 306 g/mol. The van der Waals surface area contributed by atoms with E-state index in [2.05, 4.69) is 9.46 Å². The number of para-hydroxylation sites is 1. The molecule has 1 aromatic carbocycles. The summed E-state index contributed by atoms with van der Waals surface area (Å²) in [7, 11) is -6.08. The molecule has 0 bridgehead atoms. The van der Waals surface area contributed by atoms with Crippen LogP contribution in [0.3, 0.4) is 0 Å². The summed E-state index contributed by atoms with van der Waals surface area (Å²) in [6.07, 6.45) is 0.949. The number of rotatable bonds is 6. The van der Waals surface area contributed by atoms with Crippen molar-refractivity contribution < 1.29 is 26.4 Å². The monoisotopic (exact) mass is 321 g/mol. The van der Waals surface area contributed by atoms with E-state index >= 15 is 0 Å². The molecule has 0 atom stereocenters. The Balaban J connectivity index is 2.96. The number of nitrogens with one attached hydrogen (secondary N) is 1. The highest BCUT2D eigenvalue weighted by Gasteiger charge is 2.18. The summed E-state index contributed by atoms with van der Waals surface area (Å²) in [5.41, 5.74) is 0.103. The van der Waals surface area contributed by atoms with Gasteiger partial charge in [0, 0.05) is 6.26 Å². The smallest absolute Gasteiger partial charge is 0.339 e. The van der Waals surface area contributed by atoms with E-state index < -0.39 is 37.3 Å². The van der Waals surface area contributed by atoms with E-state index in [0.717, 1.165) is 6.26 Å². The van der Waals surface area contributed by atoms with Crippen molar-refractivity contribution in [2.75, 3.05) is 29.6 Å². The summed E-state index contributed by atoms with van der Waals surface area (Å²) in [6.45, 7) is 0. The Bertz CT molecular complexity index is 693. The third-order valence-electron chi connectivity index (χ3n) is 2.32. The molecule has 9 heteroatoms. The number of anilines is 1. The molecular formula is C11H15NO6S2. The Morgan fingerprint density at radius 3 is 2.30 bits per heavy atom. The fourth-order valence-electron chi connectivity index (χ4n) is 1.34. The van der Waals surface area contributed by atoms with Crippen molar-refractivity contribution in [3.05, 3.63) is 29.8 Å². The predicted octanol–water partition coefficient (Wildman–Crippen LogP) is 0.260. The molecule has 0 radical (unpaired) electrons. The molecule has 20 heavy (non-hydrogen) atoms. The second-order valence-corrected chi connectivity index (χ2v) is 8.19. The highest BCUT2D eigenvalue weighted by atomic mass is 32.2. The van der Waals surface area contributed by atoms with Gasteiger partial charge in [-0.1, -0.05) is 12.1 Å². The van der Waals surface area contributed by atoms with E-state index in [4.69, 9.17) is 0 Å². The van der Waals surface area contributed by atoms with Crippen LogP contribution in [-0.4, -0.2) is 47.7 Å². The Morgan fingerprint density at radius 2 is 1.75 bits per heavy atom. The van der Waals surface area contributed by atoms with Crippen molar-refractivity contribution in [3.63, 3.8) is 0 Å². The predicted molar refractivity (Wildman–Crippen MR) is 74.9 cm³/mol. The molecule has 0 spiro atoms. The molecule has 112 valence electrons. The number of ether oxygens (including phenoxy) is 1. The van der Waals surface area contributed by atoms with Gasteiger partial charge in [-0.25, -0.2) is 21.6 Å². The van der Waals surface area contributed by atoms with Gasteiger partial charge >= 0.3 is 5.97 Å². The molecule has 0 saturated carbocycles. The largest absolute Gasteiger partial charge is 0.465 e. The average molecular weight is 321 g/mol. The zero-order chi connectivity index (χ0) is 15.4. The SMILES string of the molecule is COC(=O)c1ccccc1NS(=O)(=O)CCS(C)(=O)=O. The molecule has 0 amide bonds. The molecule has 0 aromatic heterocycles. The van der Waals surface area contributed by atoms with Crippen molar-refractivity contribution >= 4 is 31.5 Å². The van der Waals surface area contributed by atoms with Gasteiger partial charge in [0.15, 0.2) is 0 Å². The number of carbonyl (C=O) groups is 1. The van der Waals surface area contributed by atoms with Crippen LogP contribution < -0.4 is 4.72 Å². The van der Waals surface area contributed by atoms with Gasteiger partial charge in [-0.3, -0.25) is 4.72 Å². The Kier molecular flexibility index (Phi) is 5.12. The molecule has 1 N–H and O–H groups in total. The summed E-state index contributed by atoms with van der Waals surface area (Å²) in [4.78, 5) is 11.5. The summed E-state index contributed by atoms with van der Waals surface area (Å²) < 4.78 is 52.3. The van der Waals surface area contributed by atoms with Crippen LogP contribution in [-0.2, 0) is 24.6 Å². The minimum atomic E-state index is -3.87. The van der Waals surface area contributed by atoms with Crippen molar-refractivity contribution in [1.82, 2.24) is 0 Å². The lowest BCUT2D eigenvalue weighted by molar-refractivity contribution is 0.0602. The number of carbonyl (C=O) groups excluding carboxylic acids is 1. The number of esters is 1. The Labute approximate surface area is 117 Å². The van der Waals surface area contributed by atoms with Crippen LogP contribution >= 0.6 is 0 Å². The Hall–Kier alpha value is -1.61. The van der Waals surface area contributed by atoms with Crippen molar-refractivity contribution in [3.8, 4) is 0 Å². The van der Waals surface area contributed by atoms with Crippen molar-refractivity contribution in [2.45, 2.75) is 0 Å². The zero-order valence-electron chi connectivity index (χ0n) is 11.0. The van der Waals surface area contributed by atoms with Crippen molar-refractivity contribution in [2.24, 2.45) is 0 Å². The lowest BCUT2D eigenvalue weighted by Gasteiger charge is -2.10. The van der Waals surface area contributed by atoms with E-state index in [1.165, 1.54) is 19.2 Å². The Morgan fingerprint density at radius 1 is 1.15 bits per heavy atom. The molecule has 0 aliphatic carbocycles.